The first kappa shape index (κ1) is 14.1. The van der Waals surface area contributed by atoms with Gasteiger partial charge in [-0.2, -0.15) is 0 Å². The van der Waals surface area contributed by atoms with Crippen LogP contribution in [0, 0.1) is 11.2 Å². The van der Waals surface area contributed by atoms with Gasteiger partial charge in [-0.15, -0.1) is 0 Å². The number of rotatable bonds is 4. The van der Waals surface area contributed by atoms with Crippen molar-refractivity contribution in [3.63, 3.8) is 0 Å². The Morgan fingerprint density at radius 3 is 2.89 bits per heavy atom. The Labute approximate surface area is 115 Å². The monoisotopic (exact) mass is 265 g/mol. The molecule has 1 atom stereocenters. The van der Waals surface area contributed by atoms with Crippen LogP contribution in [-0.4, -0.2) is 26.7 Å². The van der Waals surface area contributed by atoms with Crippen molar-refractivity contribution in [1.82, 2.24) is 5.32 Å². The fraction of sp³-hybridized carbons (Fsp3) is 0.600. The molecule has 1 fully saturated rings. The van der Waals surface area contributed by atoms with Gasteiger partial charge >= 0.3 is 0 Å². The fourth-order valence-electron chi connectivity index (χ4n) is 3.16. The van der Waals surface area contributed by atoms with Gasteiger partial charge in [0.1, 0.15) is 5.82 Å². The molecular weight excluding hydrogens is 241 g/mol. The largest absolute Gasteiger partial charge is 0.397 e. The Bertz CT molecular complexity index is 431. The molecule has 1 heterocycles. The maximum Gasteiger partial charge on any atom is 0.125 e. The molecule has 0 aromatic heterocycles. The van der Waals surface area contributed by atoms with E-state index in [-0.39, 0.29) is 5.82 Å². The second kappa shape index (κ2) is 5.78. The molecule has 0 bridgehead atoms. The van der Waals surface area contributed by atoms with Crippen molar-refractivity contribution in [2.45, 2.75) is 26.2 Å². The SMILES string of the molecule is CCC1(CNC)CCCN(c2ccc(F)cc2N)C1. The number of benzene rings is 1. The molecule has 0 aliphatic carbocycles. The number of nitrogens with zero attached hydrogens (tertiary/aromatic N) is 1. The lowest BCUT2D eigenvalue weighted by atomic mass is 9.77. The molecule has 3 N–H and O–H groups in total. The zero-order valence-corrected chi connectivity index (χ0v) is 11.9. The second-order valence-electron chi connectivity index (χ2n) is 5.61. The minimum absolute atomic E-state index is 0.268. The van der Waals surface area contributed by atoms with Gasteiger partial charge in [0.15, 0.2) is 0 Å². The highest BCUT2D eigenvalue weighted by Gasteiger charge is 2.33. The molecule has 1 saturated heterocycles. The van der Waals surface area contributed by atoms with Gasteiger partial charge in [-0.25, -0.2) is 4.39 Å². The van der Waals surface area contributed by atoms with Crippen LogP contribution in [0.1, 0.15) is 26.2 Å². The summed E-state index contributed by atoms with van der Waals surface area (Å²) in [6.45, 7) is 5.25. The standard InChI is InChI=1S/C15H24FN3/c1-3-15(10-18-2)7-4-8-19(11-15)14-6-5-12(16)9-13(14)17/h5-6,9,18H,3-4,7-8,10-11,17H2,1-2H3. The highest BCUT2D eigenvalue weighted by molar-refractivity contribution is 5.67. The van der Waals surface area contributed by atoms with Gasteiger partial charge in [-0.1, -0.05) is 6.92 Å². The molecule has 1 aromatic carbocycles. The van der Waals surface area contributed by atoms with Crippen LogP contribution in [0.25, 0.3) is 0 Å². The molecule has 0 saturated carbocycles. The molecular formula is C15H24FN3. The van der Waals surface area contributed by atoms with Crippen LogP contribution in [0.4, 0.5) is 15.8 Å². The van der Waals surface area contributed by atoms with E-state index in [0.29, 0.717) is 11.1 Å². The number of nitrogens with two attached hydrogens (primary N) is 1. The van der Waals surface area contributed by atoms with Crippen LogP contribution in [0.15, 0.2) is 18.2 Å². The average Bonchev–Trinajstić information content (AvgIpc) is 2.39. The van der Waals surface area contributed by atoms with E-state index in [0.717, 1.165) is 38.2 Å². The van der Waals surface area contributed by atoms with Crippen LogP contribution in [0.3, 0.4) is 0 Å². The Balaban J connectivity index is 2.20. The topological polar surface area (TPSA) is 41.3 Å². The lowest BCUT2D eigenvalue weighted by molar-refractivity contribution is 0.218. The highest BCUT2D eigenvalue weighted by atomic mass is 19.1. The summed E-state index contributed by atoms with van der Waals surface area (Å²) in [4.78, 5) is 2.30. The average molecular weight is 265 g/mol. The highest BCUT2D eigenvalue weighted by Crippen LogP contribution is 2.36. The van der Waals surface area contributed by atoms with Crippen LogP contribution < -0.4 is 16.0 Å². The molecule has 106 valence electrons. The van der Waals surface area contributed by atoms with E-state index in [1.54, 1.807) is 6.07 Å². The second-order valence-corrected chi connectivity index (χ2v) is 5.61. The zero-order chi connectivity index (χ0) is 13.9. The molecule has 1 aromatic rings. The van der Waals surface area contributed by atoms with E-state index < -0.39 is 0 Å². The first-order chi connectivity index (χ1) is 9.10. The molecule has 2 rings (SSSR count). The molecule has 4 heteroatoms. The van der Waals surface area contributed by atoms with Crippen LogP contribution in [0.2, 0.25) is 0 Å². The number of hydrogen-bond donors (Lipinski definition) is 2. The van der Waals surface area contributed by atoms with Gasteiger partial charge in [0.2, 0.25) is 0 Å². The molecule has 0 amide bonds. The first-order valence-corrected chi connectivity index (χ1v) is 7.05. The van der Waals surface area contributed by atoms with Gasteiger partial charge < -0.3 is 16.0 Å². The van der Waals surface area contributed by atoms with Crippen LogP contribution in [-0.2, 0) is 0 Å². The summed E-state index contributed by atoms with van der Waals surface area (Å²) in [5.74, 6) is -0.268. The number of nitrogens with one attached hydrogen (secondary N) is 1. The van der Waals surface area contributed by atoms with E-state index in [4.69, 9.17) is 5.73 Å². The predicted octanol–water partition coefficient (Wildman–Crippen LogP) is 2.62. The van der Waals surface area contributed by atoms with Gasteiger partial charge in [0.05, 0.1) is 11.4 Å². The minimum atomic E-state index is -0.268. The van der Waals surface area contributed by atoms with Crippen molar-refractivity contribution in [2.75, 3.05) is 37.3 Å². The van der Waals surface area contributed by atoms with Gasteiger partial charge in [-0.3, -0.25) is 0 Å². The molecule has 19 heavy (non-hydrogen) atoms. The minimum Gasteiger partial charge on any atom is -0.397 e. The molecule has 1 aliphatic heterocycles. The Morgan fingerprint density at radius 2 is 2.26 bits per heavy atom. The molecule has 3 nitrogen and oxygen atoms in total. The van der Waals surface area contributed by atoms with Crippen molar-refractivity contribution in [3.8, 4) is 0 Å². The van der Waals surface area contributed by atoms with Crippen molar-refractivity contribution < 1.29 is 4.39 Å². The first-order valence-electron chi connectivity index (χ1n) is 7.05. The summed E-state index contributed by atoms with van der Waals surface area (Å²) in [5, 5.41) is 3.31. The summed E-state index contributed by atoms with van der Waals surface area (Å²) < 4.78 is 13.1. The van der Waals surface area contributed by atoms with Gasteiger partial charge in [-0.05, 0) is 44.5 Å². The Kier molecular flexibility index (Phi) is 4.30. The van der Waals surface area contributed by atoms with Gasteiger partial charge in [0.25, 0.3) is 0 Å². The summed E-state index contributed by atoms with van der Waals surface area (Å²) in [5.41, 5.74) is 7.76. The zero-order valence-electron chi connectivity index (χ0n) is 11.9. The number of piperidine rings is 1. The van der Waals surface area contributed by atoms with E-state index in [1.165, 1.54) is 18.6 Å². The molecule has 1 unspecified atom stereocenters. The third kappa shape index (κ3) is 3.00. The summed E-state index contributed by atoms with van der Waals surface area (Å²) in [7, 11) is 2.00. The normalized spacial score (nSPS) is 23.6. The quantitative estimate of drug-likeness (QED) is 0.822. The number of anilines is 2. The molecule has 1 aliphatic rings. The summed E-state index contributed by atoms with van der Waals surface area (Å²) >= 11 is 0. The van der Waals surface area contributed by atoms with Crippen LogP contribution >= 0.6 is 0 Å². The molecule has 0 radical (unpaired) electrons. The van der Waals surface area contributed by atoms with Crippen molar-refractivity contribution >= 4 is 11.4 Å². The number of hydrogen-bond acceptors (Lipinski definition) is 3. The van der Waals surface area contributed by atoms with E-state index in [2.05, 4.69) is 17.1 Å². The third-order valence-electron chi connectivity index (χ3n) is 4.29. The van der Waals surface area contributed by atoms with Crippen LogP contribution in [0.5, 0.6) is 0 Å². The maximum absolute atomic E-state index is 13.1. The fourth-order valence-corrected chi connectivity index (χ4v) is 3.16. The summed E-state index contributed by atoms with van der Waals surface area (Å²) in [6, 6.07) is 4.71. The van der Waals surface area contributed by atoms with E-state index in [9.17, 15) is 4.39 Å². The van der Waals surface area contributed by atoms with Crippen molar-refractivity contribution in [3.05, 3.63) is 24.0 Å². The number of halogens is 1. The Morgan fingerprint density at radius 1 is 1.47 bits per heavy atom. The van der Waals surface area contributed by atoms with E-state index >= 15 is 0 Å². The lowest BCUT2D eigenvalue weighted by Crippen LogP contribution is -2.47. The smallest absolute Gasteiger partial charge is 0.125 e. The summed E-state index contributed by atoms with van der Waals surface area (Å²) in [6.07, 6.45) is 3.54. The maximum atomic E-state index is 13.1. The third-order valence-corrected chi connectivity index (χ3v) is 4.29. The predicted molar refractivity (Wildman–Crippen MR) is 78.9 cm³/mol. The van der Waals surface area contributed by atoms with Crippen molar-refractivity contribution in [1.29, 1.82) is 0 Å². The van der Waals surface area contributed by atoms with Crippen molar-refractivity contribution in [2.24, 2.45) is 5.41 Å². The lowest BCUT2D eigenvalue weighted by Gasteiger charge is -2.44. The van der Waals surface area contributed by atoms with Gasteiger partial charge in [0, 0.05) is 25.0 Å². The Hall–Kier alpha value is -1.29. The molecule has 0 spiro atoms. The van der Waals surface area contributed by atoms with E-state index in [1.807, 2.05) is 7.05 Å². The number of nitrogen functional groups attached to an aromatic ring is 1.